The molecule has 2 amide bonds. The number of anilines is 1. The molecule has 1 atom stereocenters. The number of benzene rings is 3. The van der Waals surface area contributed by atoms with Crippen LogP contribution in [0.25, 0.3) is 0 Å². The highest BCUT2D eigenvalue weighted by atomic mass is 32.2. The first-order chi connectivity index (χ1) is 20.1. The first-order valence-corrected chi connectivity index (χ1v) is 16.4. The Balaban J connectivity index is 1.78. The Bertz CT molecular complexity index is 1780. The van der Waals surface area contributed by atoms with E-state index >= 15 is 0 Å². The molecule has 1 saturated heterocycles. The Hall–Kier alpha value is -3.78. The minimum absolute atomic E-state index is 0.105. The maximum Gasteiger partial charge on any atom is 0.252 e. The zero-order chi connectivity index (χ0) is 31.9. The third-order valence-corrected chi connectivity index (χ3v) is 10.9. The molecule has 1 unspecified atom stereocenters. The van der Waals surface area contributed by atoms with Gasteiger partial charge in [-0.2, -0.15) is 4.31 Å². The molecule has 1 fully saturated rings. The molecule has 11 nitrogen and oxygen atoms in total. The summed E-state index contributed by atoms with van der Waals surface area (Å²) in [6, 6.07) is 10.8. The highest BCUT2D eigenvalue weighted by molar-refractivity contribution is 7.89. The number of hydrogen-bond acceptors (Lipinski definition) is 8. The number of rotatable bonds is 10. The number of carbonyl (C=O) groups is 2. The molecule has 0 spiro atoms. The van der Waals surface area contributed by atoms with Gasteiger partial charge in [-0.3, -0.25) is 9.59 Å². The van der Waals surface area contributed by atoms with Gasteiger partial charge in [0.1, 0.15) is 6.04 Å². The van der Waals surface area contributed by atoms with Gasteiger partial charge in [-0.1, -0.05) is 12.1 Å². The summed E-state index contributed by atoms with van der Waals surface area (Å²) in [5.74, 6) is -0.364. The zero-order valence-corrected chi connectivity index (χ0v) is 26.5. The van der Waals surface area contributed by atoms with E-state index in [0.29, 0.717) is 22.6 Å². The quantitative estimate of drug-likeness (QED) is 0.336. The second kappa shape index (κ2) is 12.1. The highest BCUT2D eigenvalue weighted by Gasteiger charge is 2.47. The summed E-state index contributed by atoms with van der Waals surface area (Å²) in [5, 5.41) is 5.18. The maximum atomic E-state index is 14.5. The Morgan fingerprint density at radius 2 is 1.44 bits per heavy atom. The Labute approximate surface area is 252 Å². The minimum atomic E-state index is -4.30. The lowest BCUT2D eigenvalue weighted by Gasteiger charge is -2.29. The predicted octanol–water partition coefficient (Wildman–Crippen LogP) is 3.15. The van der Waals surface area contributed by atoms with Crippen LogP contribution in [0.1, 0.15) is 34.2 Å². The van der Waals surface area contributed by atoms with Gasteiger partial charge >= 0.3 is 0 Å². The summed E-state index contributed by atoms with van der Waals surface area (Å²) in [6.07, 6.45) is -0.173. The van der Waals surface area contributed by atoms with Crippen molar-refractivity contribution in [3.05, 3.63) is 76.3 Å². The molecule has 3 aromatic rings. The Kier molecular flexibility index (Phi) is 9.03. The van der Waals surface area contributed by atoms with Gasteiger partial charge in [0.2, 0.25) is 26.0 Å². The van der Waals surface area contributed by atoms with Gasteiger partial charge in [-0.25, -0.2) is 26.9 Å². The molecular weight excluding hydrogens is 594 g/mol. The summed E-state index contributed by atoms with van der Waals surface area (Å²) < 4.78 is 64.1. The summed E-state index contributed by atoms with van der Waals surface area (Å²) >= 11 is 0. The first-order valence-electron chi connectivity index (χ1n) is 13.4. The molecule has 230 valence electrons. The molecule has 43 heavy (non-hydrogen) atoms. The van der Waals surface area contributed by atoms with E-state index in [1.165, 1.54) is 38.5 Å². The molecule has 0 radical (unpaired) electrons. The molecular formula is C30H35N3O8S2. The van der Waals surface area contributed by atoms with Crippen molar-refractivity contribution in [3.8, 4) is 11.5 Å². The fourth-order valence-electron chi connectivity index (χ4n) is 5.30. The van der Waals surface area contributed by atoms with Crippen molar-refractivity contribution < 1.29 is 35.9 Å². The topological polar surface area (TPSA) is 153 Å². The maximum absolute atomic E-state index is 14.5. The van der Waals surface area contributed by atoms with Gasteiger partial charge in [0, 0.05) is 6.54 Å². The van der Waals surface area contributed by atoms with E-state index in [-0.39, 0.29) is 34.9 Å². The van der Waals surface area contributed by atoms with Crippen molar-refractivity contribution >= 4 is 37.5 Å². The lowest BCUT2D eigenvalue weighted by molar-refractivity contribution is -0.122. The lowest BCUT2D eigenvalue weighted by atomic mass is 10.0. The number of aryl methyl sites for hydroxylation is 2. The molecule has 3 aromatic carbocycles. The van der Waals surface area contributed by atoms with Gasteiger partial charge in [0.15, 0.2) is 11.5 Å². The van der Waals surface area contributed by atoms with Crippen molar-refractivity contribution in [2.45, 2.75) is 56.4 Å². The summed E-state index contributed by atoms with van der Waals surface area (Å²) in [6.45, 7) is 6.99. The fourth-order valence-corrected chi connectivity index (χ4v) is 7.98. The average molecular weight is 630 g/mol. The number of carbonyl (C=O) groups excluding carboxylic acids is 2. The van der Waals surface area contributed by atoms with Gasteiger partial charge < -0.3 is 9.47 Å². The molecule has 1 aliphatic heterocycles. The van der Waals surface area contributed by atoms with Gasteiger partial charge in [-0.15, -0.1) is 0 Å². The smallest absolute Gasteiger partial charge is 0.252 e. The second-order valence-corrected chi connectivity index (χ2v) is 13.9. The molecule has 2 N–H and O–H groups in total. The fraction of sp³-hybridized carbons (Fsp3) is 0.333. The van der Waals surface area contributed by atoms with Crippen LogP contribution in [0.5, 0.6) is 11.5 Å². The average Bonchev–Trinajstić information content (AvgIpc) is 3.24. The number of nitrogens with two attached hydrogens (primary N) is 1. The molecule has 4 rings (SSSR count). The van der Waals surface area contributed by atoms with E-state index in [1.807, 2.05) is 19.9 Å². The summed E-state index contributed by atoms with van der Waals surface area (Å²) in [4.78, 5) is 27.9. The number of amides is 2. The van der Waals surface area contributed by atoms with Crippen molar-refractivity contribution in [2.75, 3.05) is 25.7 Å². The summed E-state index contributed by atoms with van der Waals surface area (Å²) in [5.41, 5.74) is 3.54. The normalized spacial score (nSPS) is 15.8. The van der Waals surface area contributed by atoms with E-state index < -0.39 is 37.9 Å². The number of nitrogens with zero attached hydrogens (tertiary/aromatic N) is 2. The van der Waals surface area contributed by atoms with Crippen molar-refractivity contribution in [2.24, 2.45) is 5.14 Å². The van der Waals surface area contributed by atoms with Crippen LogP contribution in [0.2, 0.25) is 0 Å². The molecule has 13 heteroatoms. The van der Waals surface area contributed by atoms with Crippen LogP contribution >= 0.6 is 0 Å². The minimum Gasteiger partial charge on any atom is -0.493 e. The molecule has 0 saturated carbocycles. The molecule has 0 aliphatic carbocycles. The molecule has 1 heterocycles. The van der Waals surface area contributed by atoms with Gasteiger partial charge in [-0.05, 0) is 98.3 Å². The van der Waals surface area contributed by atoms with Crippen LogP contribution < -0.4 is 19.5 Å². The molecule has 0 bridgehead atoms. The predicted molar refractivity (Wildman–Crippen MR) is 161 cm³/mol. The van der Waals surface area contributed by atoms with Crippen molar-refractivity contribution in [3.63, 3.8) is 0 Å². The number of sulfonamides is 2. The van der Waals surface area contributed by atoms with Crippen LogP contribution in [0.4, 0.5) is 5.69 Å². The number of ether oxygens (including phenoxy) is 2. The Morgan fingerprint density at radius 3 is 1.98 bits per heavy atom. The van der Waals surface area contributed by atoms with Crippen molar-refractivity contribution in [1.82, 2.24) is 4.31 Å². The monoisotopic (exact) mass is 629 g/mol. The molecule has 0 aromatic heterocycles. The van der Waals surface area contributed by atoms with Crippen molar-refractivity contribution in [1.29, 1.82) is 0 Å². The zero-order valence-electron chi connectivity index (χ0n) is 24.9. The van der Waals surface area contributed by atoms with Crippen LogP contribution in [0.3, 0.4) is 0 Å². The number of hydrogen-bond donors (Lipinski definition) is 1. The Morgan fingerprint density at radius 1 is 0.860 bits per heavy atom. The van der Waals surface area contributed by atoms with E-state index in [2.05, 4.69) is 0 Å². The third-order valence-electron chi connectivity index (χ3n) is 7.83. The first kappa shape index (κ1) is 32.1. The lowest BCUT2D eigenvalue weighted by Crippen LogP contribution is -2.46. The SMILES string of the molecule is COc1ccc(CCN(C2CC(=O)N(c3ccc(S(N)(=O)=O)cc3)C2=O)S(=O)(=O)c2c(C)c(C)cc(C)c2C)cc1OC. The van der Waals surface area contributed by atoms with E-state index in [0.717, 1.165) is 25.9 Å². The van der Waals surface area contributed by atoms with E-state index in [9.17, 15) is 26.4 Å². The van der Waals surface area contributed by atoms with Crippen LogP contribution in [0.15, 0.2) is 58.3 Å². The third kappa shape index (κ3) is 6.16. The summed E-state index contributed by atoms with van der Waals surface area (Å²) in [7, 11) is -5.28. The number of primary sulfonamides is 1. The highest BCUT2D eigenvalue weighted by Crippen LogP contribution is 2.34. The van der Waals surface area contributed by atoms with Crippen LogP contribution in [-0.4, -0.2) is 59.8 Å². The standard InChI is InChI=1S/C30H35N3O8S2/c1-18-15-19(2)21(4)29(20(18)3)43(38,39)32(14-13-22-7-12-26(40-5)27(16-22)41-6)25-17-28(34)33(30(25)35)23-8-10-24(11-9-23)42(31,36)37/h7-12,15-16,25H,13-14,17H2,1-6H3,(H2,31,36,37). The largest absolute Gasteiger partial charge is 0.493 e. The van der Waals surface area contributed by atoms with E-state index in [1.54, 1.807) is 32.0 Å². The second-order valence-electron chi connectivity index (χ2n) is 10.5. The van der Waals surface area contributed by atoms with Gasteiger partial charge in [0.25, 0.3) is 5.91 Å². The van der Waals surface area contributed by atoms with Crippen LogP contribution in [0, 0.1) is 27.7 Å². The van der Waals surface area contributed by atoms with Gasteiger partial charge in [0.05, 0.1) is 36.1 Å². The number of imide groups is 1. The molecule has 1 aliphatic rings. The van der Waals surface area contributed by atoms with Crippen LogP contribution in [-0.2, 0) is 36.1 Å². The van der Waals surface area contributed by atoms with E-state index in [4.69, 9.17) is 14.6 Å². The number of methoxy groups -OCH3 is 2.